The number of nitriles is 1. The van der Waals surface area contributed by atoms with Crippen LogP contribution in [0.1, 0.15) is 64.2 Å². The van der Waals surface area contributed by atoms with Gasteiger partial charge in [-0.05, 0) is 69.6 Å². The lowest BCUT2D eigenvalue weighted by molar-refractivity contribution is 0.0455. The molecule has 0 aromatic carbocycles. The number of hydrogen-bond acceptors (Lipinski definition) is 8. The minimum atomic E-state index is -0.425. The molecule has 1 aliphatic heterocycles. The third-order valence-electron chi connectivity index (χ3n) is 8.43. The number of hydrogen-bond donors (Lipinski definition) is 4. The van der Waals surface area contributed by atoms with E-state index in [9.17, 15) is 10.4 Å². The van der Waals surface area contributed by atoms with Gasteiger partial charge in [0.25, 0.3) is 0 Å². The van der Waals surface area contributed by atoms with E-state index in [2.05, 4.69) is 27.0 Å². The van der Waals surface area contributed by atoms with Crippen LogP contribution in [0.2, 0.25) is 5.02 Å². The molecule has 9 heteroatoms. The maximum absolute atomic E-state index is 10.3. The Morgan fingerprint density at radius 3 is 2.58 bits per heavy atom. The van der Waals surface area contributed by atoms with Crippen LogP contribution < -0.4 is 16.0 Å². The highest BCUT2D eigenvalue weighted by atomic mass is 35.5. The second kappa shape index (κ2) is 12.6. The Hall–Kier alpha value is -2.44. The molecule has 8 nitrogen and oxygen atoms in total. The first-order chi connectivity index (χ1) is 18.5. The SMILES string of the molecule is N#CC1(CNc2cccc(-c3cc(NC4CCC(NC5CCCCC5O)CC4)ncc3Cl)n2)CCOCC1. The summed E-state index contributed by atoms with van der Waals surface area (Å²) in [5.41, 5.74) is 1.17. The van der Waals surface area contributed by atoms with Crippen molar-refractivity contribution in [3.8, 4) is 17.3 Å². The van der Waals surface area contributed by atoms with Crippen molar-refractivity contribution in [2.24, 2.45) is 5.41 Å². The van der Waals surface area contributed by atoms with Crippen molar-refractivity contribution in [1.82, 2.24) is 15.3 Å². The van der Waals surface area contributed by atoms with Gasteiger partial charge in [0.15, 0.2) is 0 Å². The molecular weight excluding hydrogens is 500 g/mol. The third-order valence-corrected chi connectivity index (χ3v) is 8.73. The molecule has 0 spiro atoms. The summed E-state index contributed by atoms with van der Waals surface area (Å²) in [4.78, 5) is 9.33. The molecule has 2 atom stereocenters. The van der Waals surface area contributed by atoms with Gasteiger partial charge in [-0.25, -0.2) is 9.97 Å². The smallest absolute Gasteiger partial charge is 0.126 e. The molecule has 4 N–H and O–H groups in total. The fourth-order valence-corrected chi connectivity index (χ4v) is 6.17. The number of aliphatic hydroxyl groups is 1. The van der Waals surface area contributed by atoms with E-state index in [4.69, 9.17) is 21.3 Å². The second-order valence-corrected chi connectivity index (χ2v) is 11.5. The van der Waals surface area contributed by atoms with Crippen LogP contribution in [0.25, 0.3) is 11.3 Å². The summed E-state index contributed by atoms with van der Waals surface area (Å²) in [6, 6.07) is 11.4. The Morgan fingerprint density at radius 2 is 1.82 bits per heavy atom. The van der Waals surface area contributed by atoms with Gasteiger partial charge in [0.2, 0.25) is 0 Å². The van der Waals surface area contributed by atoms with E-state index in [0.29, 0.717) is 36.9 Å². The Balaban J connectivity index is 1.18. The lowest BCUT2D eigenvalue weighted by Gasteiger charge is -2.36. The topological polar surface area (TPSA) is 115 Å². The van der Waals surface area contributed by atoms with Crippen LogP contribution in [-0.2, 0) is 4.74 Å². The third kappa shape index (κ3) is 6.76. The maximum atomic E-state index is 10.3. The number of nitrogens with one attached hydrogen (secondary N) is 3. The number of aromatic nitrogens is 2. The van der Waals surface area contributed by atoms with Gasteiger partial charge in [-0.15, -0.1) is 0 Å². The first-order valence-corrected chi connectivity index (χ1v) is 14.5. The molecule has 5 rings (SSSR count). The Bertz CT molecular complexity index is 1110. The van der Waals surface area contributed by atoms with Crippen molar-refractivity contribution in [3.63, 3.8) is 0 Å². The first kappa shape index (κ1) is 27.1. The number of pyridine rings is 2. The van der Waals surface area contributed by atoms with Crippen LogP contribution in [0.5, 0.6) is 0 Å². The highest BCUT2D eigenvalue weighted by Gasteiger charge is 2.32. The molecule has 2 unspecified atom stereocenters. The van der Waals surface area contributed by atoms with Gasteiger partial charge in [0.05, 0.1) is 28.3 Å². The molecule has 0 amide bonds. The quantitative estimate of drug-likeness (QED) is 0.365. The summed E-state index contributed by atoms with van der Waals surface area (Å²) >= 11 is 6.56. The van der Waals surface area contributed by atoms with Crippen molar-refractivity contribution in [1.29, 1.82) is 5.26 Å². The summed E-state index contributed by atoms with van der Waals surface area (Å²) < 4.78 is 5.44. The maximum Gasteiger partial charge on any atom is 0.126 e. The second-order valence-electron chi connectivity index (χ2n) is 11.1. The van der Waals surface area contributed by atoms with Crippen LogP contribution >= 0.6 is 11.6 Å². The van der Waals surface area contributed by atoms with E-state index in [1.807, 2.05) is 24.3 Å². The molecule has 204 valence electrons. The van der Waals surface area contributed by atoms with Crippen LogP contribution in [-0.4, -0.2) is 59.1 Å². The summed E-state index contributed by atoms with van der Waals surface area (Å²) in [6.07, 6.45) is 11.6. The summed E-state index contributed by atoms with van der Waals surface area (Å²) in [6.45, 7) is 1.78. The number of aliphatic hydroxyl groups excluding tert-OH is 1. The van der Waals surface area contributed by atoms with Gasteiger partial charge in [-0.2, -0.15) is 5.26 Å². The zero-order chi connectivity index (χ0) is 26.4. The van der Waals surface area contributed by atoms with Crippen LogP contribution in [0.15, 0.2) is 30.5 Å². The van der Waals surface area contributed by atoms with Crippen molar-refractivity contribution in [2.45, 2.75) is 88.4 Å². The van der Waals surface area contributed by atoms with E-state index in [0.717, 1.165) is 80.7 Å². The van der Waals surface area contributed by atoms with E-state index >= 15 is 0 Å². The molecule has 2 aromatic rings. The minimum Gasteiger partial charge on any atom is -0.392 e. The van der Waals surface area contributed by atoms with E-state index in [-0.39, 0.29) is 12.1 Å². The lowest BCUT2D eigenvalue weighted by atomic mass is 9.82. The molecule has 3 fully saturated rings. The Morgan fingerprint density at radius 1 is 1.05 bits per heavy atom. The van der Waals surface area contributed by atoms with Crippen molar-refractivity contribution in [2.75, 3.05) is 30.4 Å². The van der Waals surface area contributed by atoms with Gasteiger partial charge in [-0.1, -0.05) is 30.5 Å². The van der Waals surface area contributed by atoms with Crippen LogP contribution in [0.3, 0.4) is 0 Å². The van der Waals surface area contributed by atoms with Gasteiger partial charge in [0.1, 0.15) is 11.6 Å². The molecule has 2 saturated carbocycles. The molecule has 2 aromatic heterocycles. The molecule has 3 aliphatic rings. The fourth-order valence-electron chi connectivity index (χ4n) is 5.97. The molecule has 2 aliphatic carbocycles. The zero-order valence-electron chi connectivity index (χ0n) is 22.0. The van der Waals surface area contributed by atoms with Gasteiger partial charge < -0.3 is 25.8 Å². The lowest BCUT2D eigenvalue weighted by Crippen LogP contribution is -2.48. The molecule has 0 bridgehead atoms. The van der Waals surface area contributed by atoms with Crippen LogP contribution in [0.4, 0.5) is 11.6 Å². The predicted molar refractivity (Wildman–Crippen MR) is 150 cm³/mol. The number of ether oxygens (including phenoxy) is 1. The van der Waals surface area contributed by atoms with Crippen molar-refractivity contribution in [3.05, 3.63) is 35.5 Å². The minimum absolute atomic E-state index is 0.201. The Kier molecular flexibility index (Phi) is 9.01. The summed E-state index contributed by atoms with van der Waals surface area (Å²) in [5.74, 6) is 1.52. The average molecular weight is 539 g/mol. The normalized spacial score (nSPS) is 27.3. The Labute approximate surface area is 230 Å². The summed E-state index contributed by atoms with van der Waals surface area (Å²) in [5, 5.41) is 31.3. The standard InChI is InChI=1S/C29H39ClN6O2/c30-23-17-32-28(35-21-10-8-20(9-11-21)34-25-4-1-2-6-26(25)37)16-22(23)24-5-3-7-27(36-24)33-19-29(18-31)12-14-38-15-13-29/h3,5,7,16-17,20-21,25-26,34,37H,1-2,4,6,8-15,19H2,(H,32,35)(H,33,36). The van der Waals surface area contributed by atoms with Gasteiger partial charge in [-0.3, -0.25) is 0 Å². The number of rotatable bonds is 8. The first-order valence-electron chi connectivity index (χ1n) is 14.1. The monoisotopic (exact) mass is 538 g/mol. The van der Waals surface area contributed by atoms with Gasteiger partial charge >= 0.3 is 0 Å². The molecule has 38 heavy (non-hydrogen) atoms. The zero-order valence-corrected chi connectivity index (χ0v) is 22.7. The molecule has 3 heterocycles. The van der Waals surface area contributed by atoms with E-state index < -0.39 is 5.41 Å². The largest absolute Gasteiger partial charge is 0.392 e. The van der Waals surface area contributed by atoms with Crippen LogP contribution in [0, 0.1) is 16.7 Å². The summed E-state index contributed by atoms with van der Waals surface area (Å²) in [7, 11) is 0. The highest BCUT2D eigenvalue weighted by Crippen LogP contribution is 2.32. The fraction of sp³-hybridized carbons (Fsp3) is 0.621. The van der Waals surface area contributed by atoms with E-state index in [1.165, 1.54) is 6.42 Å². The predicted octanol–water partition coefficient (Wildman–Crippen LogP) is 5.15. The van der Waals surface area contributed by atoms with Crippen molar-refractivity contribution >= 4 is 23.2 Å². The van der Waals surface area contributed by atoms with Crippen molar-refractivity contribution < 1.29 is 9.84 Å². The number of anilines is 2. The number of nitrogens with zero attached hydrogens (tertiary/aromatic N) is 3. The number of halogens is 1. The highest BCUT2D eigenvalue weighted by molar-refractivity contribution is 6.33. The molecular formula is C29H39ClN6O2. The average Bonchev–Trinajstić information content (AvgIpc) is 2.96. The molecule has 1 saturated heterocycles. The van der Waals surface area contributed by atoms with Gasteiger partial charge in [0, 0.05) is 49.6 Å². The molecule has 0 radical (unpaired) electrons. The van der Waals surface area contributed by atoms with E-state index in [1.54, 1.807) is 6.20 Å².